The van der Waals surface area contributed by atoms with Crippen molar-refractivity contribution in [3.05, 3.63) is 54.6 Å². The van der Waals surface area contributed by atoms with Crippen molar-refractivity contribution in [2.45, 2.75) is 17.3 Å². The van der Waals surface area contributed by atoms with Gasteiger partial charge in [-0.15, -0.1) is 10.2 Å². The van der Waals surface area contributed by atoms with E-state index in [1.807, 2.05) is 73.1 Å². The summed E-state index contributed by atoms with van der Waals surface area (Å²) >= 11 is 1.37. The van der Waals surface area contributed by atoms with Gasteiger partial charge in [0.05, 0.1) is 12.4 Å². The molecule has 0 bridgehead atoms. The molecule has 0 fully saturated rings. The third-order valence-electron chi connectivity index (χ3n) is 3.88. The molecule has 3 aromatic rings. The van der Waals surface area contributed by atoms with E-state index in [0.29, 0.717) is 5.16 Å². The second kappa shape index (κ2) is 8.05. The maximum Gasteiger partial charge on any atom is 0.237 e. The lowest BCUT2D eigenvalue weighted by atomic mass is 10.2. The van der Waals surface area contributed by atoms with Gasteiger partial charge in [-0.2, -0.15) is 0 Å². The zero-order chi connectivity index (χ0) is 18.5. The van der Waals surface area contributed by atoms with Gasteiger partial charge in [0.25, 0.3) is 0 Å². The van der Waals surface area contributed by atoms with E-state index >= 15 is 0 Å². The molecule has 0 unspecified atom stereocenters. The summed E-state index contributed by atoms with van der Waals surface area (Å²) in [6.45, 7) is 1.85. The molecule has 0 aliphatic heterocycles. The van der Waals surface area contributed by atoms with E-state index in [1.54, 1.807) is 7.11 Å². The van der Waals surface area contributed by atoms with Crippen LogP contribution in [0.5, 0.6) is 5.75 Å². The van der Waals surface area contributed by atoms with E-state index < -0.39 is 0 Å². The fraction of sp³-hybridized carbons (Fsp3) is 0.211. The molecule has 1 heterocycles. The van der Waals surface area contributed by atoms with E-state index in [2.05, 4.69) is 15.5 Å². The lowest BCUT2D eigenvalue weighted by molar-refractivity contribution is -0.115. The minimum atomic E-state index is -0.304. The summed E-state index contributed by atoms with van der Waals surface area (Å²) in [5, 5.41) is 11.8. The summed E-state index contributed by atoms with van der Waals surface area (Å²) in [4.78, 5) is 12.4. The number of amides is 1. The maximum atomic E-state index is 12.4. The predicted octanol–water partition coefficient (Wildman–Crippen LogP) is 3.61. The number of rotatable bonds is 6. The summed E-state index contributed by atoms with van der Waals surface area (Å²) < 4.78 is 7.06. The van der Waals surface area contributed by atoms with Crippen molar-refractivity contribution < 1.29 is 9.53 Å². The molecule has 2 aromatic carbocycles. The Hall–Kier alpha value is -2.80. The molecule has 1 amide bonds. The highest BCUT2D eigenvalue weighted by atomic mass is 32.2. The van der Waals surface area contributed by atoms with Gasteiger partial charge in [0.1, 0.15) is 5.75 Å². The van der Waals surface area contributed by atoms with Crippen LogP contribution in [0, 0.1) is 0 Å². The summed E-state index contributed by atoms with van der Waals surface area (Å²) in [6, 6.07) is 17.0. The highest BCUT2D eigenvalue weighted by Crippen LogP contribution is 2.27. The van der Waals surface area contributed by atoms with E-state index in [-0.39, 0.29) is 11.2 Å². The van der Waals surface area contributed by atoms with Gasteiger partial charge in [-0.1, -0.05) is 30.0 Å². The van der Waals surface area contributed by atoms with Crippen LogP contribution in [-0.2, 0) is 11.8 Å². The molecule has 0 radical (unpaired) electrons. The molecular formula is C19H20N4O2S. The van der Waals surface area contributed by atoms with Crippen LogP contribution in [0.25, 0.3) is 11.4 Å². The van der Waals surface area contributed by atoms with Crippen molar-refractivity contribution in [3.63, 3.8) is 0 Å². The van der Waals surface area contributed by atoms with E-state index in [9.17, 15) is 4.79 Å². The van der Waals surface area contributed by atoms with Crippen LogP contribution in [0.3, 0.4) is 0 Å². The summed E-state index contributed by atoms with van der Waals surface area (Å²) in [5.74, 6) is 1.46. The second-order valence-electron chi connectivity index (χ2n) is 5.71. The molecule has 1 N–H and O–H groups in total. The number of para-hydroxylation sites is 1. The number of ether oxygens (including phenoxy) is 1. The monoisotopic (exact) mass is 368 g/mol. The number of methoxy groups -OCH3 is 1. The van der Waals surface area contributed by atoms with Crippen LogP contribution in [0.1, 0.15) is 6.92 Å². The number of anilines is 1. The molecule has 134 valence electrons. The maximum absolute atomic E-state index is 12.4. The Bertz CT molecular complexity index is 878. The van der Waals surface area contributed by atoms with Crippen LogP contribution >= 0.6 is 11.8 Å². The Labute approximate surface area is 156 Å². The van der Waals surface area contributed by atoms with Crippen molar-refractivity contribution in [1.29, 1.82) is 0 Å². The van der Waals surface area contributed by atoms with Crippen LogP contribution in [0.4, 0.5) is 5.69 Å². The third-order valence-corrected chi connectivity index (χ3v) is 5.01. The zero-order valence-electron chi connectivity index (χ0n) is 14.8. The Kier molecular flexibility index (Phi) is 5.58. The predicted molar refractivity (Wildman–Crippen MR) is 103 cm³/mol. The van der Waals surface area contributed by atoms with Crippen molar-refractivity contribution in [1.82, 2.24) is 14.8 Å². The van der Waals surface area contributed by atoms with Crippen molar-refractivity contribution in [2.24, 2.45) is 7.05 Å². The number of hydrogen-bond donors (Lipinski definition) is 1. The van der Waals surface area contributed by atoms with Gasteiger partial charge in [0, 0.05) is 18.3 Å². The smallest absolute Gasteiger partial charge is 0.237 e. The van der Waals surface area contributed by atoms with Crippen molar-refractivity contribution in [3.8, 4) is 17.1 Å². The summed E-state index contributed by atoms with van der Waals surface area (Å²) in [5.41, 5.74) is 1.72. The standard InChI is InChI=1S/C19H20N4O2S/c1-13(18(24)20-15-7-5-4-6-8-15)26-19-22-21-17(23(19)2)14-9-11-16(25-3)12-10-14/h4-13H,1-3H3,(H,20,24)/t13-/m1/s1. The molecule has 0 saturated heterocycles. The molecule has 3 rings (SSSR count). The Morgan fingerprint density at radius 2 is 1.81 bits per heavy atom. The molecule has 0 aliphatic carbocycles. The minimum Gasteiger partial charge on any atom is -0.497 e. The highest BCUT2D eigenvalue weighted by molar-refractivity contribution is 8.00. The first-order valence-electron chi connectivity index (χ1n) is 8.15. The molecule has 0 saturated carbocycles. The lowest BCUT2D eigenvalue weighted by Crippen LogP contribution is -2.22. The Morgan fingerprint density at radius 1 is 1.12 bits per heavy atom. The summed E-state index contributed by atoms with van der Waals surface area (Å²) in [6.07, 6.45) is 0. The largest absolute Gasteiger partial charge is 0.497 e. The number of nitrogens with one attached hydrogen (secondary N) is 1. The van der Waals surface area contributed by atoms with Gasteiger partial charge >= 0.3 is 0 Å². The number of benzene rings is 2. The molecule has 1 atom stereocenters. The minimum absolute atomic E-state index is 0.0739. The lowest BCUT2D eigenvalue weighted by Gasteiger charge is -2.11. The van der Waals surface area contributed by atoms with Gasteiger partial charge in [-0.05, 0) is 43.3 Å². The van der Waals surface area contributed by atoms with E-state index in [1.165, 1.54) is 11.8 Å². The van der Waals surface area contributed by atoms with Gasteiger partial charge < -0.3 is 14.6 Å². The summed E-state index contributed by atoms with van der Waals surface area (Å²) in [7, 11) is 3.53. The van der Waals surface area contributed by atoms with Crippen LogP contribution in [-0.4, -0.2) is 33.0 Å². The van der Waals surface area contributed by atoms with Gasteiger partial charge in [-0.3, -0.25) is 4.79 Å². The first-order valence-corrected chi connectivity index (χ1v) is 9.03. The fourth-order valence-electron chi connectivity index (χ4n) is 2.39. The van der Waals surface area contributed by atoms with Gasteiger partial charge in [-0.25, -0.2) is 0 Å². The van der Waals surface area contributed by atoms with E-state index in [4.69, 9.17) is 4.74 Å². The van der Waals surface area contributed by atoms with Crippen LogP contribution < -0.4 is 10.1 Å². The molecule has 7 heteroatoms. The van der Waals surface area contributed by atoms with Crippen molar-refractivity contribution in [2.75, 3.05) is 12.4 Å². The number of carbonyl (C=O) groups is 1. The SMILES string of the molecule is COc1ccc(-c2nnc(S[C@H](C)C(=O)Nc3ccccc3)n2C)cc1. The first-order chi connectivity index (χ1) is 12.6. The van der Waals surface area contributed by atoms with Crippen molar-refractivity contribution >= 4 is 23.4 Å². The number of thioether (sulfide) groups is 1. The first kappa shape index (κ1) is 18.0. The average Bonchev–Trinajstić information content (AvgIpc) is 3.03. The van der Waals surface area contributed by atoms with Gasteiger partial charge in [0.15, 0.2) is 11.0 Å². The molecular weight excluding hydrogens is 348 g/mol. The quantitative estimate of drug-likeness (QED) is 0.673. The zero-order valence-corrected chi connectivity index (χ0v) is 15.7. The number of hydrogen-bond acceptors (Lipinski definition) is 5. The highest BCUT2D eigenvalue weighted by Gasteiger charge is 2.19. The average molecular weight is 368 g/mol. The molecule has 0 aliphatic rings. The number of aromatic nitrogens is 3. The second-order valence-corrected chi connectivity index (χ2v) is 7.02. The Balaban J connectivity index is 1.70. The van der Waals surface area contributed by atoms with Crippen LogP contribution in [0.2, 0.25) is 0 Å². The molecule has 6 nitrogen and oxygen atoms in total. The molecule has 1 aromatic heterocycles. The molecule has 0 spiro atoms. The number of nitrogens with zero attached hydrogens (tertiary/aromatic N) is 3. The topological polar surface area (TPSA) is 69.0 Å². The fourth-order valence-corrected chi connectivity index (χ4v) is 3.20. The third kappa shape index (κ3) is 4.05. The number of carbonyl (C=O) groups excluding carboxylic acids is 1. The Morgan fingerprint density at radius 3 is 2.46 bits per heavy atom. The normalized spacial score (nSPS) is 11.8. The molecule has 26 heavy (non-hydrogen) atoms. The van der Waals surface area contributed by atoms with E-state index in [0.717, 1.165) is 22.8 Å². The van der Waals surface area contributed by atoms with Gasteiger partial charge in [0.2, 0.25) is 5.91 Å². The van der Waals surface area contributed by atoms with Crippen LogP contribution in [0.15, 0.2) is 59.8 Å².